The Morgan fingerprint density at radius 1 is 1.05 bits per heavy atom. The number of fused-ring (bicyclic) bond motifs is 5. The summed E-state index contributed by atoms with van der Waals surface area (Å²) in [6.45, 7) is 9.10. The number of esters is 3. The predicted molar refractivity (Wildman–Crippen MR) is 143 cm³/mol. The highest BCUT2D eigenvalue weighted by Crippen LogP contribution is 2.64. The van der Waals surface area contributed by atoms with Crippen LogP contribution in [0.3, 0.4) is 0 Å². The largest absolute Gasteiger partial charge is 0.455 e. The second-order valence-electron chi connectivity index (χ2n) is 12.7. The van der Waals surface area contributed by atoms with Gasteiger partial charge in [-0.25, -0.2) is 4.79 Å². The van der Waals surface area contributed by atoms with Gasteiger partial charge in [0.1, 0.15) is 17.8 Å². The van der Waals surface area contributed by atoms with Crippen LogP contribution in [-0.2, 0) is 33.3 Å². The van der Waals surface area contributed by atoms with Crippen LogP contribution in [0.15, 0.2) is 41.7 Å². The summed E-state index contributed by atoms with van der Waals surface area (Å²) in [6.07, 6.45) is -2.88. The number of ketones is 1. The Balaban J connectivity index is 1.83. The normalized spacial score (nSPS) is 39.2. The van der Waals surface area contributed by atoms with Crippen LogP contribution in [-0.4, -0.2) is 70.0 Å². The molecule has 1 aromatic carbocycles. The van der Waals surface area contributed by atoms with E-state index in [0.717, 1.165) is 0 Å². The fourth-order valence-electron chi connectivity index (χ4n) is 7.91. The molecule has 0 spiro atoms. The third kappa shape index (κ3) is 4.17. The van der Waals surface area contributed by atoms with Crippen LogP contribution < -0.4 is 0 Å². The molecule has 2 saturated carbocycles. The van der Waals surface area contributed by atoms with Gasteiger partial charge in [0, 0.05) is 37.0 Å². The molecular formula is C31H38O10. The monoisotopic (exact) mass is 570 g/mol. The lowest BCUT2D eigenvalue weighted by molar-refractivity contribution is -0.332. The number of rotatable bonds is 4. The molecule has 10 heteroatoms. The van der Waals surface area contributed by atoms with E-state index < -0.39 is 75.9 Å². The molecule has 3 fully saturated rings. The lowest BCUT2D eigenvalue weighted by atomic mass is 9.45. The molecule has 1 saturated heterocycles. The Morgan fingerprint density at radius 2 is 1.71 bits per heavy atom. The molecule has 222 valence electrons. The molecule has 41 heavy (non-hydrogen) atoms. The van der Waals surface area contributed by atoms with E-state index in [1.807, 2.05) is 0 Å². The van der Waals surface area contributed by atoms with Gasteiger partial charge in [-0.1, -0.05) is 45.9 Å². The maximum absolute atomic E-state index is 14.7. The number of carbonyl (C=O) groups excluding carboxylic acids is 4. The van der Waals surface area contributed by atoms with Crippen molar-refractivity contribution in [2.75, 3.05) is 6.61 Å². The van der Waals surface area contributed by atoms with Crippen LogP contribution in [0.25, 0.3) is 0 Å². The highest BCUT2D eigenvalue weighted by Gasteiger charge is 2.75. The molecule has 2 N–H and O–H groups in total. The fraction of sp³-hybridized carbons (Fsp3) is 0.613. The van der Waals surface area contributed by atoms with Gasteiger partial charge in [0.25, 0.3) is 0 Å². The SMILES string of the molecule is CC(=O)OC1=C2C(C)C(O)C[C@@](O)([C@@H](OC(=O)c3ccccc3)[C@@H]3[C@]4(OC(C)=O)CO[C@@H]4CC[C@@]3(C)C1=O)C2(C)C. The summed E-state index contributed by atoms with van der Waals surface area (Å²) >= 11 is 0. The average molecular weight is 571 g/mol. The third-order valence-electron chi connectivity index (χ3n) is 10.1. The molecule has 3 aliphatic carbocycles. The molecule has 0 amide bonds. The topological polar surface area (TPSA) is 146 Å². The molecule has 4 aliphatic rings. The van der Waals surface area contributed by atoms with E-state index in [1.165, 1.54) is 13.8 Å². The first-order chi connectivity index (χ1) is 19.1. The lowest BCUT2D eigenvalue weighted by Gasteiger charge is -2.66. The van der Waals surface area contributed by atoms with E-state index in [9.17, 15) is 29.4 Å². The minimum atomic E-state index is -1.98. The zero-order chi connectivity index (χ0) is 30.1. The van der Waals surface area contributed by atoms with Gasteiger partial charge in [-0.2, -0.15) is 0 Å². The van der Waals surface area contributed by atoms with E-state index >= 15 is 0 Å². The van der Waals surface area contributed by atoms with E-state index in [4.69, 9.17) is 18.9 Å². The van der Waals surface area contributed by atoms with Crippen molar-refractivity contribution in [3.05, 3.63) is 47.2 Å². The Labute approximate surface area is 239 Å². The van der Waals surface area contributed by atoms with Crippen molar-refractivity contribution in [1.82, 2.24) is 0 Å². The first-order valence-corrected chi connectivity index (χ1v) is 14.1. The molecule has 0 aromatic heterocycles. The van der Waals surface area contributed by atoms with Gasteiger partial charge in [-0.3, -0.25) is 14.4 Å². The quantitative estimate of drug-likeness (QED) is 0.409. The second kappa shape index (κ2) is 9.74. The highest BCUT2D eigenvalue weighted by atomic mass is 16.6. The maximum atomic E-state index is 14.7. The van der Waals surface area contributed by atoms with Crippen molar-refractivity contribution in [1.29, 1.82) is 0 Å². The number of aliphatic hydroxyl groups is 2. The molecule has 8 atom stereocenters. The first-order valence-electron chi connectivity index (χ1n) is 14.1. The fourth-order valence-corrected chi connectivity index (χ4v) is 7.91. The molecule has 1 heterocycles. The van der Waals surface area contributed by atoms with Gasteiger partial charge in [-0.15, -0.1) is 0 Å². The van der Waals surface area contributed by atoms with Crippen LogP contribution in [0, 0.1) is 22.7 Å². The summed E-state index contributed by atoms with van der Waals surface area (Å²) in [7, 11) is 0. The highest BCUT2D eigenvalue weighted by molar-refractivity contribution is 6.01. The Kier molecular flexibility index (Phi) is 6.99. The van der Waals surface area contributed by atoms with Gasteiger partial charge >= 0.3 is 17.9 Å². The molecule has 5 rings (SSSR count). The second-order valence-corrected chi connectivity index (χ2v) is 12.7. The van der Waals surface area contributed by atoms with Crippen LogP contribution in [0.4, 0.5) is 0 Å². The number of Topliss-reactive ketones (excluding diaryl/α,β-unsaturated/α-hetero) is 1. The number of benzene rings is 1. The van der Waals surface area contributed by atoms with Crippen molar-refractivity contribution in [2.45, 2.75) is 90.3 Å². The van der Waals surface area contributed by atoms with Crippen molar-refractivity contribution >= 4 is 23.7 Å². The Hall–Kier alpha value is -3.08. The van der Waals surface area contributed by atoms with Gasteiger partial charge < -0.3 is 29.2 Å². The molecule has 10 nitrogen and oxygen atoms in total. The van der Waals surface area contributed by atoms with Crippen molar-refractivity contribution in [3.8, 4) is 0 Å². The maximum Gasteiger partial charge on any atom is 0.338 e. The smallest absolute Gasteiger partial charge is 0.338 e. The standard InChI is InChI=1S/C31H38O10/c1-16-20(34)14-31(37)26(40-27(36)19-10-8-7-9-11-19)24-29(6,13-12-21-30(24,15-38-21)41-18(3)33)25(35)23(39-17(2)32)22(16)28(31,4)5/h7-11,16,20-21,24,26,34,37H,12-15H2,1-6H3/t16?,20?,21-,24+,26+,29-,30+,31-/m1/s1. The Bertz CT molecular complexity index is 1320. The molecule has 0 radical (unpaired) electrons. The molecule has 1 aromatic rings. The summed E-state index contributed by atoms with van der Waals surface area (Å²) < 4.78 is 23.7. The number of aliphatic hydroxyl groups excluding tert-OH is 1. The van der Waals surface area contributed by atoms with E-state index in [1.54, 1.807) is 58.0 Å². The zero-order valence-corrected chi connectivity index (χ0v) is 24.3. The molecule has 2 unspecified atom stereocenters. The lowest BCUT2D eigenvalue weighted by Crippen LogP contribution is -2.78. The van der Waals surface area contributed by atoms with Crippen LogP contribution >= 0.6 is 0 Å². The van der Waals surface area contributed by atoms with Crippen LogP contribution in [0.5, 0.6) is 0 Å². The Morgan fingerprint density at radius 3 is 2.27 bits per heavy atom. The molecule has 1 aliphatic heterocycles. The minimum Gasteiger partial charge on any atom is -0.455 e. The van der Waals surface area contributed by atoms with Crippen LogP contribution in [0.2, 0.25) is 0 Å². The molecular weight excluding hydrogens is 532 g/mol. The number of hydrogen-bond donors (Lipinski definition) is 2. The third-order valence-corrected chi connectivity index (χ3v) is 10.1. The summed E-state index contributed by atoms with van der Waals surface area (Å²) in [6, 6.07) is 8.25. The number of ether oxygens (including phenoxy) is 4. The van der Waals surface area contributed by atoms with Crippen molar-refractivity contribution < 1.29 is 48.3 Å². The van der Waals surface area contributed by atoms with Crippen molar-refractivity contribution in [3.63, 3.8) is 0 Å². The predicted octanol–water partition coefficient (Wildman–Crippen LogP) is 2.89. The number of allylic oxidation sites excluding steroid dienone is 1. The van der Waals surface area contributed by atoms with Crippen molar-refractivity contribution in [2.24, 2.45) is 22.7 Å². The zero-order valence-electron chi connectivity index (χ0n) is 24.3. The number of carbonyl (C=O) groups is 4. The van der Waals surface area contributed by atoms with E-state index in [-0.39, 0.29) is 36.3 Å². The van der Waals surface area contributed by atoms with E-state index in [2.05, 4.69) is 0 Å². The summed E-state index contributed by atoms with van der Waals surface area (Å²) in [5.41, 5.74) is -5.67. The minimum absolute atomic E-state index is 0.0842. The average Bonchev–Trinajstić information content (AvgIpc) is 2.88. The number of hydrogen-bond acceptors (Lipinski definition) is 10. The summed E-state index contributed by atoms with van der Waals surface area (Å²) in [5, 5.41) is 24.2. The van der Waals surface area contributed by atoms with Gasteiger partial charge in [0.15, 0.2) is 11.4 Å². The first kappa shape index (κ1) is 29.4. The molecule has 2 bridgehead atoms. The summed E-state index contributed by atoms with van der Waals surface area (Å²) in [5.74, 6) is -4.63. The van der Waals surface area contributed by atoms with Gasteiger partial charge in [0.05, 0.1) is 24.2 Å². The summed E-state index contributed by atoms with van der Waals surface area (Å²) in [4.78, 5) is 53.3. The van der Waals surface area contributed by atoms with Crippen LogP contribution in [0.1, 0.15) is 71.2 Å². The van der Waals surface area contributed by atoms with E-state index in [0.29, 0.717) is 6.42 Å². The van der Waals surface area contributed by atoms with Gasteiger partial charge in [-0.05, 0) is 30.5 Å². The van der Waals surface area contributed by atoms with Gasteiger partial charge in [0.2, 0.25) is 5.78 Å².